The average Bonchev–Trinajstić information content (AvgIpc) is 2.16. The third-order valence-electron chi connectivity index (χ3n) is 2.26. The highest BCUT2D eigenvalue weighted by molar-refractivity contribution is 5.97. The van der Waals surface area contributed by atoms with Crippen LogP contribution >= 0.6 is 0 Å². The van der Waals surface area contributed by atoms with E-state index < -0.39 is 0 Å². The van der Waals surface area contributed by atoms with Gasteiger partial charge in [0.25, 0.3) is 0 Å². The summed E-state index contributed by atoms with van der Waals surface area (Å²) in [6.45, 7) is 7.47. The van der Waals surface area contributed by atoms with Crippen LogP contribution in [0.1, 0.15) is 34.8 Å². The minimum absolute atomic E-state index is 0.176. The van der Waals surface area contributed by atoms with Crippen molar-refractivity contribution in [3.05, 3.63) is 34.9 Å². The molecule has 0 bridgehead atoms. The SMILES string of the molecule is CCCNCC(=O)c1cc(C)cc(C)c1. The maximum absolute atomic E-state index is 11.8. The van der Waals surface area contributed by atoms with Crippen LogP contribution in [-0.2, 0) is 0 Å². The van der Waals surface area contributed by atoms with E-state index in [1.807, 2.05) is 26.0 Å². The van der Waals surface area contributed by atoms with Crippen molar-refractivity contribution >= 4 is 5.78 Å². The number of aryl methyl sites for hydroxylation is 2. The molecule has 0 aliphatic carbocycles. The van der Waals surface area contributed by atoms with Crippen molar-refractivity contribution in [1.29, 1.82) is 0 Å². The second-order valence-corrected chi connectivity index (χ2v) is 3.98. The van der Waals surface area contributed by atoms with Crippen molar-refractivity contribution in [2.24, 2.45) is 0 Å². The molecule has 0 aromatic heterocycles. The number of Topliss-reactive ketones (excluding diaryl/α,β-unsaturated/α-hetero) is 1. The van der Waals surface area contributed by atoms with Gasteiger partial charge in [0.15, 0.2) is 5.78 Å². The minimum Gasteiger partial charge on any atom is -0.310 e. The molecule has 1 rings (SSSR count). The predicted octanol–water partition coefficient (Wildman–Crippen LogP) is 2.49. The number of carbonyl (C=O) groups is 1. The molecule has 0 fully saturated rings. The molecule has 82 valence electrons. The van der Waals surface area contributed by atoms with E-state index in [-0.39, 0.29) is 5.78 Å². The van der Waals surface area contributed by atoms with Crippen molar-refractivity contribution < 1.29 is 4.79 Å². The van der Waals surface area contributed by atoms with Gasteiger partial charge in [-0.2, -0.15) is 0 Å². The highest BCUT2D eigenvalue weighted by Gasteiger charge is 2.05. The molecule has 0 spiro atoms. The van der Waals surface area contributed by atoms with E-state index in [4.69, 9.17) is 0 Å². The summed E-state index contributed by atoms with van der Waals surface area (Å²) in [6, 6.07) is 5.97. The molecule has 0 amide bonds. The molecule has 0 unspecified atom stereocenters. The third kappa shape index (κ3) is 3.84. The first kappa shape index (κ1) is 11.9. The fourth-order valence-electron chi connectivity index (χ4n) is 1.62. The summed E-state index contributed by atoms with van der Waals surface area (Å²) in [6.07, 6.45) is 1.06. The van der Waals surface area contributed by atoms with Crippen molar-refractivity contribution in [2.75, 3.05) is 13.1 Å². The Kier molecular flexibility index (Phi) is 4.50. The topological polar surface area (TPSA) is 29.1 Å². The molecule has 0 aliphatic rings. The molecule has 2 heteroatoms. The van der Waals surface area contributed by atoms with Crippen molar-refractivity contribution in [2.45, 2.75) is 27.2 Å². The second kappa shape index (κ2) is 5.66. The van der Waals surface area contributed by atoms with Crippen LogP contribution in [0.15, 0.2) is 18.2 Å². The molecule has 2 nitrogen and oxygen atoms in total. The van der Waals surface area contributed by atoms with Crippen LogP contribution < -0.4 is 5.32 Å². The molecule has 0 aliphatic heterocycles. The van der Waals surface area contributed by atoms with E-state index in [0.29, 0.717) is 6.54 Å². The maximum atomic E-state index is 11.8. The van der Waals surface area contributed by atoms with Crippen molar-refractivity contribution in [1.82, 2.24) is 5.32 Å². The Morgan fingerprint density at radius 2 is 1.80 bits per heavy atom. The summed E-state index contributed by atoms with van der Waals surface area (Å²) >= 11 is 0. The summed E-state index contributed by atoms with van der Waals surface area (Å²) in [5.74, 6) is 0.176. The predicted molar refractivity (Wildman–Crippen MR) is 63.4 cm³/mol. The van der Waals surface area contributed by atoms with Crippen LogP contribution in [0.5, 0.6) is 0 Å². The summed E-state index contributed by atoms with van der Waals surface area (Å²) in [5, 5.41) is 3.12. The Labute approximate surface area is 91.7 Å². The van der Waals surface area contributed by atoms with Crippen LogP contribution in [0.4, 0.5) is 0 Å². The number of carbonyl (C=O) groups excluding carboxylic acids is 1. The van der Waals surface area contributed by atoms with Gasteiger partial charge in [-0.05, 0) is 38.9 Å². The van der Waals surface area contributed by atoms with Gasteiger partial charge in [0.1, 0.15) is 0 Å². The molecule has 0 radical (unpaired) electrons. The van der Waals surface area contributed by atoms with Crippen LogP contribution in [0, 0.1) is 13.8 Å². The van der Waals surface area contributed by atoms with Crippen LogP contribution in [0.2, 0.25) is 0 Å². The number of benzene rings is 1. The Bertz CT molecular complexity index is 324. The molecule has 1 aromatic carbocycles. The molecule has 15 heavy (non-hydrogen) atoms. The Hall–Kier alpha value is -1.15. The fraction of sp³-hybridized carbons (Fsp3) is 0.462. The van der Waals surface area contributed by atoms with Gasteiger partial charge in [-0.15, -0.1) is 0 Å². The van der Waals surface area contributed by atoms with Gasteiger partial charge in [0.05, 0.1) is 6.54 Å². The monoisotopic (exact) mass is 205 g/mol. The lowest BCUT2D eigenvalue weighted by atomic mass is 10.0. The minimum atomic E-state index is 0.176. The van der Waals surface area contributed by atoms with Crippen molar-refractivity contribution in [3.8, 4) is 0 Å². The smallest absolute Gasteiger partial charge is 0.176 e. The largest absolute Gasteiger partial charge is 0.310 e. The number of ketones is 1. The summed E-state index contributed by atoms with van der Waals surface area (Å²) in [5.41, 5.74) is 3.11. The van der Waals surface area contributed by atoms with E-state index in [0.717, 1.165) is 29.7 Å². The van der Waals surface area contributed by atoms with Gasteiger partial charge < -0.3 is 5.32 Å². The quantitative estimate of drug-likeness (QED) is 0.591. The van der Waals surface area contributed by atoms with E-state index in [1.165, 1.54) is 0 Å². The highest BCUT2D eigenvalue weighted by Crippen LogP contribution is 2.09. The molecule has 0 saturated heterocycles. The molecule has 1 N–H and O–H groups in total. The van der Waals surface area contributed by atoms with E-state index in [1.54, 1.807) is 0 Å². The van der Waals surface area contributed by atoms with E-state index >= 15 is 0 Å². The summed E-state index contributed by atoms with van der Waals surface area (Å²) in [4.78, 5) is 11.8. The van der Waals surface area contributed by atoms with E-state index in [9.17, 15) is 4.79 Å². The lowest BCUT2D eigenvalue weighted by molar-refractivity contribution is 0.0991. The maximum Gasteiger partial charge on any atom is 0.176 e. The summed E-state index contributed by atoms with van der Waals surface area (Å²) in [7, 11) is 0. The Morgan fingerprint density at radius 3 is 2.33 bits per heavy atom. The zero-order chi connectivity index (χ0) is 11.3. The first-order chi connectivity index (χ1) is 7.13. The van der Waals surface area contributed by atoms with Gasteiger partial charge in [-0.1, -0.05) is 24.1 Å². The van der Waals surface area contributed by atoms with Gasteiger partial charge in [-0.3, -0.25) is 4.79 Å². The van der Waals surface area contributed by atoms with Gasteiger partial charge in [-0.25, -0.2) is 0 Å². The third-order valence-corrected chi connectivity index (χ3v) is 2.26. The Morgan fingerprint density at radius 1 is 1.20 bits per heavy atom. The zero-order valence-electron chi connectivity index (χ0n) is 9.76. The standard InChI is InChI=1S/C13H19NO/c1-4-5-14-9-13(15)12-7-10(2)6-11(3)8-12/h6-8,14H,4-5,9H2,1-3H3. The van der Waals surface area contributed by atoms with Crippen molar-refractivity contribution in [3.63, 3.8) is 0 Å². The molecular weight excluding hydrogens is 186 g/mol. The van der Waals surface area contributed by atoms with Crippen LogP contribution in [0.25, 0.3) is 0 Å². The number of hydrogen-bond acceptors (Lipinski definition) is 2. The highest BCUT2D eigenvalue weighted by atomic mass is 16.1. The molecule has 0 atom stereocenters. The zero-order valence-corrected chi connectivity index (χ0v) is 9.76. The molecular formula is C13H19NO. The normalized spacial score (nSPS) is 10.3. The van der Waals surface area contributed by atoms with Gasteiger partial charge in [0.2, 0.25) is 0 Å². The fourth-order valence-corrected chi connectivity index (χ4v) is 1.62. The first-order valence-electron chi connectivity index (χ1n) is 5.45. The average molecular weight is 205 g/mol. The Balaban J connectivity index is 2.65. The number of hydrogen-bond donors (Lipinski definition) is 1. The lowest BCUT2D eigenvalue weighted by Gasteiger charge is -2.05. The molecule has 1 aromatic rings. The molecule has 0 heterocycles. The first-order valence-corrected chi connectivity index (χ1v) is 5.45. The number of rotatable bonds is 5. The van der Waals surface area contributed by atoms with E-state index in [2.05, 4.69) is 18.3 Å². The number of nitrogens with one attached hydrogen (secondary N) is 1. The van der Waals surface area contributed by atoms with Crippen LogP contribution in [0.3, 0.4) is 0 Å². The second-order valence-electron chi connectivity index (χ2n) is 3.98. The summed E-state index contributed by atoms with van der Waals surface area (Å²) < 4.78 is 0. The lowest BCUT2D eigenvalue weighted by Crippen LogP contribution is -2.23. The van der Waals surface area contributed by atoms with Gasteiger partial charge in [0, 0.05) is 5.56 Å². The van der Waals surface area contributed by atoms with Gasteiger partial charge >= 0.3 is 0 Å². The van der Waals surface area contributed by atoms with Crippen LogP contribution in [-0.4, -0.2) is 18.9 Å². The molecule has 0 saturated carbocycles.